The third-order valence-corrected chi connectivity index (χ3v) is 3.96. The van der Waals surface area contributed by atoms with E-state index in [2.05, 4.69) is 19.1 Å². The molecule has 0 N–H and O–H groups in total. The average Bonchev–Trinajstić information content (AvgIpc) is 2.50. The molecule has 0 atom stereocenters. The zero-order valence-corrected chi connectivity index (χ0v) is 14.0. The van der Waals surface area contributed by atoms with Gasteiger partial charge in [-0.1, -0.05) is 69.2 Å². The van der Waals surface area contributed by atoms with Crippen LogP contribution in [0.2, 0.25) is 5.02 Å². The Hall–Kier alpha value is -0.530. The standard InChI is InChI=1S/C19H30ClO/c1-2-3-4-6-9-16-21-17-10-7-5-8-11-18-12-14-19(20)15-13-18/h12-15H,1-11,16-17H2. The summed E-state index contributed by atoms with van der Waals surface area (Å²) in [5, 5.41) is 0.822. The van der Waals surface area contributed by atoms with Crippen LogP contribution in [-0.2, 0) is 11.2 Å². The Bertz CT molecular complexity index is 334. The highest BCUT2D eigenvalue weighted by Crippen LogP contribution is 2.12. The summed E-state index contributed by atoms with van der Waals surface area (Å²) in [5.74, 6) is 0. The molecule has 1 aromatic carbocycles. The normalized spacial score (nSPS) is 11.0. The lowest BCUT2D eigenvalue weighted by atomic mass is 10.1. The second-order valence-corrected chi connectivity index (χ2v) is 6.11. The molecule has 0 aliphatic carbocycles. The third kappa shape index (κ3) is 10.8. The summed E-state index contributed by atoms with van der Waals surface area (Å²) in [6.07, 6.45) is 12.3. The van der Waals surface area contributed by atoms with E-state index in [1.54, 1.807) is 0 Å². The van der Waals surface area contributed by atoms with E-state index in [9.17, 15) is 0 Å². The summed E-state index contributed by atoms with van der Waals surface area (Å²) in [5.41, 5.74) is 1.39. The van der Waals surface area contributed by atoms with Crippen LogP contribution in [0.4, 0.5) is 0 Å². The first-order chi connectivity index (χ1) is 10.3. The van der Waals surface area contributed by atoms with Crippen molar-refractivity contribution in [3.05, 3.63) is 41.8 Å². The van der Waals surface area contributed by atoms with Crippen molar-refractivity contribution in [3.8, 4) is 0 Å². The molecule has 2 heteroatoms. The van der Waals surface area contributed by atoms with Gasteiger partial charge in [0.15, 0.2) is 0 Å². The summed E-state index contributed by atoms with van der Waals surface area (Å²) in [4.78, 5) is 0. The number of benzene rings is 1. The van der Waals surface area contributed by atoms with Crippen LogP contribution in [0, 0.1) is 6.92 Å². The fourth-order valence-electron chi connectivity index (χ4n) is 2.37. The minimum atomic E-state index is 0.822. The molecule has 0 spiro atoms. The van der Waals surface area contributed by atoms with Crippen LogP contribution in [0.25, 0.3) is 0 Å². The molecule has 1 aromatic rings. The molecule has 0 saturated heterocycles. The minimum absolute atomic E-state index is 0.822. The smallest absolute Gasteiger partial charge is 0.0466 e. The highest BCUT2D eigenvalue weighted by atomic mass is 35.5. The van der Waals surface area contributed by atoms with Gasteiger partial charge in [-0.05, 0) is 43.4 Å². The monoisotopic (exact) mass is 309 g/mol. The molecule has 0 aliphatic rings. The van der Waals surface area contributed by atoms with Crippen LogP contribution in [0.5, 0.6) is 0 Å². The summed E-state index contributed by atoms with van der Waals surface area (Å²) in [6, 6.07) is 8.20. The molecule has 0 saturated carbocycles. The highest BCUT2D eigenvalue weighted by molar-refractivity contribution is 6.30. The van der Waals surface area contributed by atoms with Crippen LogP contribution >= 0.6 is 11.6 Å². The summed E-state index contributed by atoms with van der Waals surface area (Å²) < 4.78 is 5.66. The summed E-state index contributed by atoms with van der Waals surface area (Å²) in [7, 11) is 0. The molecule has 1 nitrogen and oxygen atoms in total. The molecule has 0 aromatic heterocycles. The van der Waals surface area contributed by atoms with E-state index in [1.165, 1.54) is 56.9 Å². The maximum Gasteiger partial charge on any atom is 0.0466 e. The lowest BCUT2D eigenvalue weighted by Gasteiger charge is -2.05. The number of rotatable bonds is 13. The second kappa shape index (κ2) is 13.2. The van der Waals surface area contributed by atoms with Crippen molar-refractivity contribution in [2.45, 2.75) is 64.2 Å². The highest BCUT2D eigenvalue weighted by Gasteiger charge is 1.95. The number of ether oxygens (including phenoxy) is 1. The average molecular weight is 310 g/mol. The number of hydrogen-bond acceptors (Lipinski definition) is 1. The van der Waals surface area contributed by atoms with Gasteiger partial charge < -0.3 is 4.74 Å². The van der Waals surface area contributed by atoms with Crippen LogP contribution in [-0.4, -0.2) is 13.2 Å². The first kappa shape index (κ1) is 18.5. The number of halogens is 1. The van der Waals surface area contributed by atoms with Gasteiger partial charge in [0.2, 0.25) is 0 Å². The second-order valence-electron chi connectivity index (χ2n) is 5.67. The van der Waals surface area contributed by atoms with Gasteiger partial charge in [-0.25, -0.2) is 0 Å². The van der Waals surface area contributed by atoms with E-state index in [4.69, 9.17) is 16.3 Å². The number of unbranched alkanes of at least 4 members (excludes halogenated alkanes) is 7. The Labute approximate surface area is 136 Å². The molecular formula is C19H30ClO. The fourth-order valence-corrected chi connectivity index (χ4v) is 2.50. The number of hydrogen-bond donors (Lipinski definition) is 0. The van der Waals surface area contributed by atoms with Crippen molar-refractivity contribution in [2.24, 2.45) is 0 Å². The van der Waals surface area contributed by atoms with Gasteiger partial charge in [-0.2, -0.15) is 0 Å². The van der Waals surface area contributed by atoms with E-state index in [0.29, 0.717) is 0 Å². The van der Waals surface area contributed by atoms with E-state index in [0.717, 1.165) is 31.1 Å². The largest absolute Gasteiger partial charge is 0.381 e. The van der Waals surface area contributed by atoms with Gasteiger partial charge >= 0.3 is 0 Å². The molecule has 0 aliphatic heterocycles. The molecular weight excluding hydrogens is 280 g/mol. The van der Waals surface area contributed by atoms with Gasteiger partial charge in [0, 0.05) is 18.2 Å². The van der Waals surface area contributed by atoms with E-state index in [1.807, 2.05) is 12.1 Å². The zero-order valence-electron chi connectivity index (χ0n) is 13.3. The SMILES string of the molecule is [CH2]CCCCCCOCCCCCCc1ccc(Cl)cc1. The Kier molecular flexibility index (Phi) is 11.6. The van der Waals surface area contributed by atoms with Gasteiger partial charge in [-0.3, -0.25) is 0 Å². The predicted octanol–water partition coefficient (Wildman–Crippen LogP) is 6.24. The molecule has 1 rings (SSSR count). The van der Waals surface area contributed by atoms with Gasteiger partial charge in [0.05, 0.1) is 0 Å². The summed E-state index contributed by atoms with van der Waals surface area (Å²) >= 11 is 5.87. The van der Waals surface area contributed by atoms with Crippen LogP contribution in [0.3, 0.4) is 0 Å². The maximum atomic E-state index is 5.87. The van der Waals surface area contributed by atoms with E-state index < -0.39 is 0 Å². The maximum absolute atomic E-state index is 5.87. The van der Waals surface area contributed by atoms with Crippen molar-refractivity contribution in [1.82, 2.24) is 0 Å². The van der Waals surface area contributed by atoms with Crippen molar-refractivity contribution >= 4 is 11.6 Å². The van der Waals surface area contributed by atoms with Gasteiger partial charge in [-0.15, -0.1) is 0 Å². The minimum Gasteiger partial charge on any atom is -0.381 e. The van der Waals surface area contributed by atoms with Crippen LogP contribution in [0.15, 0.2) is 24.3 Å². The Morgan fingerprint density at radius 2 is 1.33 bits per heavy atom. The van der Waals surface area contributed by atoms with E-state index in [-0.39, 0.29) is 0 Å². The molecule has 0 amide bonds. The number of aryl methyl sites for hydroxylation is 1. The van der Waals surface area contributed by atoms with Crippen molar-refractivity contribution in [3.63, 3.8) is 0 Å². The van der Waals surface area contributed by atoms with Gasteiger partial charge in [0.1, 0.15) is 0 Å². The van der Waals surface area contributed by atoms with Crippen molar-refractivity contribution < 1.29 is 4.74 Å². The molecule has 0 fully saturated rings. The topological polar surface area (TPSA) is 9.23 Å². The molecule has 1 radical (unpaired) electrons. The lowest BCUT2D eigenvalue weighted by Crippen LogP contribution is -1.97. The van der Waals surface area contributed by atoms with E-state index >= 15 is 0 Å². The molecule has 0 heterocycles. The Morgan fingerprint density at radius 3 is 1.95 bits per heavy atom. The predicted molar refractivity (Wildman–Crippen MR) is 92.9 cm³/mol. The molecule has 21 heavy (non-hydrogen) atoms. The van der Waals surface area contributed by atoms with Crippen molar-refractivity contribution in [2.75, 3.05) is 13.2 Å². The quantitative estimate of drug-likeness (QED) is 0.392. The first-order valence-corrected chi connectivity index (χ1v) is 8.82. The molecule has 0 bridgehead atoms. The first-order valence-electron chi connectivity index (χ1n) is 8.44. The lowest BCUT2D eigenvalue weighted by molar-refractivity contribution is 0.125. The fraction of sp³-hybridized carbons (Fsp3) is 0.632. The summed E-state index contributed by atoms with van der Waals surface area (Å²) in [6.45, 7) is 5.71. The zero-order chi connectivity index (χ0) is 15.2. The van der Waals surface area contributed by atoms with Crippen molar-refractivity contribution in [1.29, 1.82) is 0 Å². The van der Waals surface area contributed by atoms with Crippen LogP contribution < -0.4 is 0 Å². The molecule has 119 valence electrons. The third-order valence-electron chi connectivity index (χ3n) is 3.71. The Morgan fingerprint density at radius 1 is 0.762 bits per heavy atom. The molecule has 0 unspecified atom stereocenters. The van der Waals surface area contributed by atoms with Gasteiger partial charge in [0.25, 0.3) is 0 Å². The van der Waals surface area contributed by atoms with Crippen LogP contribution in [0.1, 0.15) is 63.4 Å². The Balaban J connectivity index is 1.81.